The highest BCUT2D eigenvalue weighted by molar-refractivity contribution is 7.94. The van der Waals surface area contributed by atoms with Crippen LogP contribution in [0.1, 0.15) is 37.7 Å². The number of sulfone groups is 1. The minimum atomic E-state index is -3.09. The van der Waals surface area contributed by atoms with Crippen LogP contribution in [0.25, 0.3) is 0 Å². The van der Waals surface area contributed by atoms with Crippen molar-refractivity contribution < 1.29 is 13.2 Å². The predicted octanol–water partition coefficient (Wildman–Crippen LogP) is 2.85. The second kappa shape index (κ2) is 7.51. The third-order valence-electron chi connectivity index (χ3n) is 5.05. The first-order valence-corrected chi connectivity index (χ1v) is 10.5. The average Bonchev–Trinajstić information content (AvgIpc) is 2.89. The number of rotatable bonds is 5. The van der Waals surface area contributed by atoms with Gasteiger partial charge in [-0.3, -0.25) is 4.79 Å². The highest BCUT2D eigenvalue weighted by Gasteiger charge is 2.29. The molecule has 0 spiro atoms. The molecule has 1 fully saturated rings. The lowest BCUT2D eigenvalue weighted by molar-refractivity contribution is -0.122. The molecule has 0 radical (unpaired) electrons. The van der Waals surface area contributed by atoms with Crippen LogP contribution in [0.15, 0.2) is 41.8 Å². The molecule has 0 bridgehead atoms. The van der Waals surface area contributed by atoms with Crippen molar-refractivity contribution in [3.63, 3.8) is 0 Å². The Hall–Kier alpha value is -1.62. The Morgan fingerprint density at radius 2 is 1.88 bits per heavy atom. The number of nitrogens with one attached hydrogen (secondary N) is 1. The van der Waals surface area contributed by atoms with Gasteiger partial charge in [0.15, 0.2) is 9.84 Å². The van der Waals surface area contributed by atoms with Gasteiger partial charge in [-0.25, -0.2) is 8.42 Å². The number of allylic oxidation sites excluding steroid dienone is 1. The fourth-order valence-corrected chi connectivity index (χ4v) is 5.23. The van der Waals surface area contributed by atoms with E-state index in [1.807, 2.05) is 6.07 Å². The van der Waals surface area contributed by atoms with E-state index in [1.54, 1.807) is 6.08 Å². The highest BCUT2D eigenvalue weighted by atomic mass is 32.2. The Bertz CT molecular complexity index is 697. The molecule has 2 aliphatic rings. The van der Waals surface area contributed by atoms with Crippen molar-refractivity contribution in [1.82, 2.24) is 5.32 Å². The van der Waals surface area contributed by atoms with Crippen LogP contribution in [0.2, 0.25) is 0 Å². The van der Waals surface area contributed by atoms with Gasteiger partial charge in [0.05, 0.1) is 5.75 Å². The number of benzene rings is 1. The molecule has 1 aromatic carbocycles. The number of hydrogen-bond donors (Lipinski definition) is 1. The summed E-state index contributed by atoms with van der Waals surface area (Å²) >= 11 is 0. The van der Waals surface area contributed by atoms with Crippen molar-refractivity contribution >= 4 is 15.7 Å². The van der Waals surface area contributed by atoms with Crippen molar-refractivity contribution in [3.05, 3.63) is 47.4 Å². The van der Waals surface area contributed by atoms with Crippen LogP contribution in [0.4, 0.5) is 0 Å². The first kappa shape index (κ1) is 17.2. The zero-order valence-electron chi connectivity index (χ0n) is 13.9. The molecule has 1 aromatic rings. The number of hydrogen-bond acceptors (Lipinski definition) is 3. The molecule has 1 N–H and O–H groups in total. The minimum absolute atomic E-state index is 0.0216. The smallest absolute Gasteiger partial charge is 0.220 e. The van der Waals surface area contributed by atoms with Crippen LogP contribution in [0.3, 0.4) is 0 Å². The maximum absolute atomic E-state index is 12.3. The summed E-state index contributed by atoms with van der Waals surface area (Å²) in [6.07, 6.45) is 7.42. The summed E-state index contributed by atoms with van der Waals surface area (Å²) in [6, 6.07) is 10.6. The first-order valence-electron chi connectivity index (χ1n) is 8.76. The molecule has 1 aliphatic carbocycles. The first-order chi connectivity index (χ1) is 11.5. The highest BCUT2D eigenvalue weighted by Crippen LogP contribution is 2.28. The van der Waals surface area contributed by atoms with Gasteiger partial charge in [-0.2, -0.15) is 0 Å². The van der Waals surface area contributed by atoms with Crippen LogP contribution in [-0.4, -0.2) is 26.1 Å². The summed E-state index contributed by atoms with van der Waals surface area (Å²) in [4.78, 5) is 12.3. The SMILES string of the molecule is O=C(C[C@@H]1C=CS(=O)(=O)C1)N[C@H]1CCCC[C@@H]1Cc1ccccc1. The molecule has 1 aliphatic heterocycles. The molecular weight excluding hydrogens is 322 g/mol. The quantitative estimate of drug-likeness (QED) is 0.891. The largest absolute Gasteiger partial charge is 0.353 e. The molecule has 5 heteroatoms. The van der Waals surface area contributed by atoms with E-state index in [0.717, 1.165) is 25.7 Å². The van der Waals surface area contributed by atoms with Crippen molar-refractivity contribution in [2.24, 2.45) is 11.8 Å². The maximum atomic E-state index is 12.3. The van der Waals surface area contributed by atoms with Crippen LogP contribution < -0.4 is 5.32 Å². The van der Waals surface area contributed by atoms with Gasteiger partial charge in [0.25, 0.3) is 0 Å². The minimum Gasteiger partial charge on any atom is -0.353 e. The van der Waals surface area contributed by atoms with E-state index >= 15 is 0 Å². The van der Waals surface area contributed by atoms with Gasteiger partial charge in [-0.05, 0) is 30.7 Å². The van der Waals surface area contributed by atoms with Gasteiger partial charge in [0.2, 0.25) is 5.91 Å². The fraction of sp³-hybridized carbons (Fsp3) is 0.526. The molecule has 0 unspecified atom stereocenters. The second-order valence-corrected chi connectivity index (χ2v) is 8.96. The van der Waals surface area contributed by atoms with Crippen LogP contribution >= 0.6 is 0 Å². The second-order valence-electron chi connectivity index (χ2n) is 7.03. The van der Waals surface area contributed by atoms with E-state index in [1.165, 1.54) is 17.4 Å². The third-order valence-corrected chi connectivity index (χ3v) is 6.51. The lowest BCUT2D eigenvalue weighted by Crippen LogP contribution is -2.43. The zero-order chi connectivity index (χ0) is 17.0. The number of carbonyl (C=O) groups excluding carboxylic acids is 1. The summed E-state index contributed by atoms with van der Waals surface area (Å²) < 4.78 is 22.9. The van der Waals surface area contributed by atoms with Crippen molar-refractivity contribution in [2.75, 3.05) is 5.75 Å². The molecule has 130 valence electrons. The lowest BCUT2D eigenvalue weighted by atomic mass is 9.80. The fourth-order valence-electron chi connectivity index (χ4n) is 3.83. The monoisotopic (exact) mass is 347 g/mol. The topological polar surface area (TPSA) is 63.2 Å². The summed E-state index contributed by atoms with van der Waals surface area (Å²) in [5, 5.41) is 4.42. The summed E-state index contributed by atoms with van der Waals surface area (Å²) in [6.45, 7) is 0. The Kier molecular flexibility index (Phi) is 5.39. The molecule has 4 nitrogen and oxygen atoms in total. The van der Waals surface area contributed by atoms with E-state index in [2.05, 4.69) is 29.6 Å². The van der Waals surface area contributed by atoms with E-state index in [4.69, 9.17) is 0 Å². The van der Waals surface area contributed by atoms with E-state index in [0.29, 0.717) is 5.92 Å². The molecule has 0 saturated heterocycles. The summed E-state index contributed by atoms with van der Waals surface area (Å²) in [7, 11) is -3.09. The zero-order valence-corrected chi connectivity index (χ0v) is 14.7. The Morgan fingerprint density at radius 1 is 1.12 bits per heavy atom. The maximum Gasteiger partial charge on any atom is 0.220 e. The van der Waals surface area contributed by atoms with Gasteiger partial charge in [-0.15, -0.1) is 0 Å². The molecule has 24 heavy (non-hydrogen) atoms. The molecule has 3 rings (SSSR count). The van der Waals surface area contributed by atoms with E-state index < -0.39 is 9.84 Å². The van der Waals surface area contributed by atoms with Crippen LogP contribution in [-0.2, 0) is 21.1 Å². The predicted molar refractivity (Wildman–Crippen MR) is 95.1 cm³/mol. The molecule has 1 amide bonds. The van der Waals surface area contributed by atoms with Crippen molar-refractivity contribution in [2.45, 2.75) is 44.6 Å². The average molecular weight is 347 g/mol. The van der Waals surface area contributed by atoms with Crippen LogP contribution in [0, 0.1) is 11.8 Å². The van der Waals surface area contributed by atoms with Crippen molar-refractivity contribution in [3.8, 4) is 0 Å². The van der Waals surface area contributed by atoms with Gasteiger partial charge in [-0.1, -0.05) is 49.2 Å². The Labute approximate surface area is 144 Å². The lowest BCUT2D eigenvalue weighted by Gasteiger charge is -2.32. The van der Waals surface area contributed by atoms with Crippen molar-refractivity contribution in [1.29, 1.82) is 0 Å². The number of amides is 1. The van der Waals surface area contributed by atoms with Gasteiger partial charge in [0.1, 0.15) is 0 Å². The number of carbonyl (C=O) groups is 1. The molecule has 0 aromatic heterocycles. The molecule has 3 atom stereocenters. The summed E-state index contributed by atoms with van der Waals surface area (Å²) in [5.41, 5.74) is 1.31. The third kappa shape index (κ3) is 4.69. The Morgan fingerprint density at radius 3 is 2.58 bits per heavy atom. The molecular formula is C19H25NO3S. The molecule has 1 saturated carbocycles. The van der Waals surface area contributed by atoms with E-state index in [-0.39, 0.29) is 30.0 Å². The Balaban J connectivity index is 1.55. The van der Waals surface area contributed by atoms with Crippen LogP contribution in [0.5, 0.6) is 0 Å². The van der Waals surface area contributed by atoms with E-state index in [9.17, 15) is 13.2 Å². The standard InChI is InChI=1S/C19H25NO3S/c21-19(13-16-10-11-24(22,23)14-16)20-18-9-5-4-8-17(18)12-15-6-2-1-3-7-15/h1-3,6-7,10-11,16-18H,4-5,8-9,12-14H2,(H,20,21)/t16-,17+,18-/m0/s1. The van der Waals surface area contributed by atoms with Gasteiger partial charge >= 0.3 is 0 Å². The molecule has 1 heterocycles. The van der Waals surface area contributed by atoms with Gasteiger partial charge < -0.3 is 5.32 Å². The van der Waals surface area contributed by atoms with Gasteiger partial charge in [0, 0.05) is 23.8 Å². The normalized spacial score (nSPS) is 28.6. The summed E-state index contributed by atoms with van der Waals surface area (Å²) in [5.74, 6) is 0.337.